The molecule has 0 aromatic heterocycles. The number of hydrogen-bond donors (Lipinski definition) is 2. The minimum atomic E-state index is -3.47. The highest BCUT2D eigenvalue weighted by atomic mass is 32.2. The molecule has 2 N–H and O–H groups in total. The van der Waals surface area contributed by atoms with Gasteiger partial charge >= 0.3 is 5.97 Å². The molecule has 0 spiro atoms. The van der Waals surface area contributed by atoms with Gasteiger partial charge < -0.3 is 15.2 Å². The number of hydrogen-bond acceptors (Lipinski definition) is 5. The van der Waals surface area contributed by atoms with E-state index in [2.05, 4.69) is 5.32 Å². The van der Waals surface area contributed by atoms with Crippen molar-refractivity contribution in [1.29, 1.82) is 0 Å². The average molecular weight is 343 g/mol. The number of aliphatic carboxylic acids is 1. The Labute approximate surface area is 135 Å². The number of carboxylic acids is 1. The zero-order chi connectivity index (χ0) is 17.6. The molecule has 0 heterocycles. The zero-order valence-corrected chi connectivity index (χ0v) is 14.1. The third-order valence-corrected chi connectivity index (χ3v) is 4.45. The highest BCUT2D eigenvalue weighted by Crippen LogP contribution is 2.22. The summed E-state index contributed by atoms with van der Waals surface area (Å²) in [6.07, 6.45) is 2.16. The number of benzene rings is 1. The van der Waals surface area contributed by atoms with Gasteiger partial charge in [0, 0.05) is 12.8 Å². The predicted molar refractivity (Wildman–Crippen MR) is 84.5 cm³/mol. The predicted octanol–water partition coefficient (Wildman–Crippen LogP) is 1.33. The number of nitrogens with one attached hydrogen (secondary N) is 1. The first-order valence-corrected chi connectivity index (χ1v) is 8.99. The van der Waals surface area contributed by atoms with E-state index in [9.17, 15) is 18.0 Å². The minimum Gasteiger partial charge on any atom is -0.496 e. The lowest BCUT2D eigenvalue weighted by atomic mass is 10.0. The van der Waals surface area contributed by atoms with Gasteiger partial charge in [0.2, 0.25) is 0 Å². The van der Waals surface area contributed by atoms with Crippen molar-refractivity contribution in [2.75, 3.05) is 19.9 Å². The van der Waals surface area contributed by atoms with Gasteiger partial charge in [-0.1, -0.05) is 13.3 Å². The van der Waals surface area contributed by atoms with E-state index in [1.807, 2.05) is 6.92 Å². The molecule has 0 aliphatic rings. The number of carboxylic acid groups (broad SMARTS) is 1. The fraction of sp³-hybridized carbons (Fsp3) is 0.467. The second kappa shape index (κ2) is 7.96. The second-order valence-corrected chi connectivity index (χ2v) is 7.18. The Morgan fingerprint density at radius 2 is 2.00 bits per heavy atom. The summed E-state index contributed by atoms with van der Waals surface area (Å²) in [6, 6.07) is 3.97. The van der Waals surface area contributed by atoms with Gasteiger partial charge in [-0.05, 0) is 24.6 Å². The van der Waals surface area contributed by atoms with Gasteiger partial charge in [-0.25, -0.2) is 8.42 Å². The van der Waals surface area contributed by atoms with Crippen molar-refractivity contribution < 1.29 is 27.9 Å². The molecule has 1 aromatic rings. The molecule has 0 radical (unpaired) electrons. The highest BCUT2D eigenvalue weighted by Gasteiger charge is 2.20. The van der Waals surface area contributed by atoms with Crippen LogP contribution < -0.4 is 10.1 Å². The minimum absolute atomic E-state index is 0.00760. The fourth-order valence-electron chi connectivity index (χ4n) is 2.07. The molecule has 0 saturated carbocycles. The van der Waals surface area contributed by atoms with Gasteiger partial charge in [-0.2, -0.15) is 0 Å². The van der Waals surface area contributed by atoms with Gasteiger partial charge in [-0.3, -0.25) is 9.59 Å². The summed E-state index contributed by atoms with van der Waals surface area (Å²) >= 11 is 0. The van der Waals surface area contributed by atoms with Gasteiger partial charge in [0.15, 0.2) is 9.84 Å². The SMILES string of the molecule is CCCC(CNC(=O)c1cc(S(C)(=O)=O)ccc1OC)C(=O)O. The molecule has 1 unspecified atom stereocenters. The summed E-state index contributed by atoms with van der Waals surface area (Å²) in [7, 11) is -2.10. The van der Waals surface area contributed by atoms with Crippen molar-refractivity contribution in [2.24, 2.45) is 5.92 Å². The maximum absolute atomic E-state index is 12.3. The van der Waals surface area contributed by atoms with Crippen LogP contribution in [0.25, 0.3) is 0 Å². The molecule has 7 nitrogen and oxygen atoms in total. The maximum Gasteiger partial charge on any atom is 0.308 e. The maximum atomic E-state index is 12.3. The van der Waals surface area contributed by atoms with Crippen LogP contribution in [0, 0.1) is 5.92 Å². The third-order valence-electron chi connectivity index (χ3n) is 3.34. The lowest BCUT2D eigenvalue weighted by Gasteiger charge is -2.14. The summed E-state index contributed by atoms with van der Waals surface area (Å²) in [5.41, 5.74) is 0.0519. The molecule has 1 aromatic carbocycles. The van der Waals surface area contributed by atoms with E-state index in [4.69, 9.17) is 9.84 Å². The average Bonchev–Trinajstić information content (AvgIpc) is 2.49. The molecule has 1 amide bonds. The molecule has 0 aliphatic carbocycles. The van der Waals surface area contributed by atoms with Crippen LogP contribution in [0.5, 0.6) is 5.75 Å². The van der Waals surface area contributed by atoms with Crippen molar-refractivity contribution in [3.63, 3.8) is 0 Å². The highest BCUT2D eigenvalue weighted by molar-refractivity contribution is 7.90. The summed E-state index contributed by atoms with van der Waals surface area (Å²) in [4.78, 5) is 23.3. The number of carbonyl (C=O) groups excluding carboxylic acids is 1. The smallest absolute Gasteiger partial charge is 0.308 e. The van der Waals surface area contributed by atoms with E-state index < -0.39 is 27.6 Å². The Morgan fingerprint density at radius 3 is 2.48 bits per heavy atom. The van der Waals surface area contributed by atoms with Gasteiger partial charge in [0.25, 0.3) is 5.91 Å². The molecule has 23 heavy (non-hydrogen) atoms. The first-order chi connectivity index (χ1) is 10.7. The second-order valence-electron chi connectivity index (χ2n) is 5.17. The van der Waals surface area contributed by atoms with E-state index in [1.54, 1.807) is 0 Å². The zero-order valence-electron chi connectivity index (χ0n) is 13.3. The van der Waals surface area contributed by atoms with Crippen LogP contribution in [0.1, 0.15) is 30.1 Å². The van der Waals surface area contributed by atoms with E-state index in [-0.39, 0.29) is 22.8 Å². The summed E-state index contributed by atoms with van der Waals surface area (Å²) in [6.45, 7) is 1.82. The lowest BCUT2D eigenvalue weighted by Crippen LogP contribution is -2.33. The molecule has 1 rings (SSSR count). The third kappa shape index (κ3) is 5.24. The van der Waals surface area contributed by atoms with Crippen molar-refractivity contribution in [3.8, 4) is 5.75 Å². The first-order valence-electron chi connectivity index (χ1n) is 7.09. The molecule has 8 heteroatoms. The van der Waals surface area contributed by atoms with Crippen LogP contribution in [0.3, 0.4) is 0 Å². The summed E-state index contributed by atoms with van der Waals surface area (Å²) < 4.78 is 28.3. The van der Waals surface area contributed by atoms with Gasteiger partial charge in [0.05, 0.1) is 23.5 Å². The Hall–Kier alpha value is -2.09. The molecule has 0 bridgehead atoms. The normalized spacial score (nSPS) is 12.5. The van der Waals surface area contributed by atoms with Crippen LogP contribution in [-0.4, -0.2) is 45.3 Å². The summed E-state index contributed by atoms with van der Waals surface area (Å²) in [5.74, 6) is -2.02. The monoisotopic (exact) mass is 343 g/mol. The molecule has 128 valence electrons. The van der Waals surface area contributed by atoms with Crippen molar-refractivity contribution in [3.05, 3.63) is 23.8 Å². The molecular weight excluding hydrogens is 322 g/mol. The number of carbonyl (C=O) groups is 2. The van der Waals surface area contributed by atoms with Crippen LogP contribution in [-0.2, 0) is 14.6 Å². The molecule has 1 atom stereocenters. The first kappa shape index (κ1) is 19.0. The van der Waals surface area contributed by atoms with E-state index >= 15 is 0 Å². The molecule has 0 aliphatic heterocycles. The topological polar surface area (TPSA) is 110 Å². The number of amides is 1. The van der Waals surface area contributed by atoms with Crippen LogP contribution >= 0.6 is 0 Å². The van der Waals surface area contributed by atoms with Crippen LogP contribution in [0.2, 0.25) is 0 Å². The van der Waals surface area contributed by atoms with E-state index in [0.29, 0.717) is 12.8 Å². The number of sulfone groups is 1. The lowest BCUT2D eigenvalue weighted by molar-refractivity contribution is -0.141. The van der Waals surface area contributed by atoms with Crippen molar-refractivity contribution >= 4 is 21.7 Å². The Kier molecular flexibility index (Phi) is 6.56. The molecular formula is C15H21NO6S. The van der Waals surface area contributed by atoms with E-state index in [0.717, 1.165) is 6.26 Å². The molecule has 0 fully saturated rings. The number of rotatable bonds is 8. The van der Waals surface area contributed by atoms with Crippen LogP contribution in [0.15, 0.2) is 23.1 Å². The fourth-order valence-corrected chi connectivity index (χ4v) is 2.71. The quantitative estimate of drug-likeness (QED) is 0.737. The number of methoxy groups -OCH3 is 1. The Morgan fingerprint density at radius 1 is 1.35 bits per heavy atom. The van der Waals surface area contributed by atoms with Crippen molar-refractivity contribution in [2.45, 2.75) is 24.7 Å². The molecule has 0 saturated heterocycles. The summed E-state index contributed by atoms with van der Waals surface area (Å²) in [5, 5.41) is 11.6. The van der Waals surface area contributed by atoms with Crippen LogP contribution in [0.4, 0.5) is 0 Å². The van der Waals surface area contributed by atoms with Gasteiger partial charge in [0.1, 0.15) is 5.75 Å². The standard InChI is InChI=1S/C15H21NO6S/c1-4-5-10(15(18)19)9-16-14(17)12-8-11(23(3,20)21)6-7-13(12)22-2/h6-8,10H,4-5,9H2,1-3H3,(H,16,17)(H,18,19). The Bertz CT molecular complexity index is 683. The largest absolute Gasteiger partial charge is 0.496 e. The Balaban J connectivity index is 3.00. The number of ether oxygens (including phenoxy) is 1. The van der Waals surface area contributed by atoms with Crippen molar-refractivity contribution in [1.82, 2.24) is 5.32 Å². The van der Waals surface area contributed by atoms with Gasteiger partial charge in [-0.15, -0.1) is 0 Å². The van der Waals surface area contributed by atoms with E-state index in [1.165, 1.54) is 25.3 Å².